The Bertz CT molecular complexity index is 1410. The van der Waals surface area contributed by atoms with Crippen molar-refractivity contribution in [3.63, 3.8) is 0 Å². The molecule has 1 heterocycles. The zero-order chi connectivity index (χ0) is 28.8. The van der Waals surface area contributed by atoms with Gasteiger partial charge in [-0.15, -0.1) is 0 Å². The molecule has 0 radical (unpaired) electrons. The van der Waals surface area contributed by atoms with Gasteiger partial charge in [0.2, 0.25) is 5.91 Å². The van der Waals surface area contributed by atoms with Crippen LogP contribution in [0.1, 0.15) is 56.9 Å². The Morgan fingerprint density at radius 2 is 1.40 bits per heavy atom. The highest BCUT2D eigenvalue weighted by molar-refractivity contribution is 6.01. The molecule has 9 heteroatoms. The molecule has 0 unspecified atom stereocenters. The van der Waals surface area contributed by atoms with E-state index in [9.17, 15) is 24.0 Å². The van der Waals surface area contributed by atoms with E-state index in [4.69, 9.17) is 14.2 Å². The molecule has 40 heavy (non-hydrogen) atoms. The predicted molar refractivity (Wildman–Crippen MR) is 145 cm³/mol. The minimum atomic E-state index is -0.727. The Balaban J connectivity index is 1.27. The molecule has 1 atom stereocenters. The lowest BCUT2D eigenvalue weighted by Crippen LogP contribution is -2.27. The number of ether oxygens (including phenoxy) is 3. The fourth-order valence-corrected chi connectivity index (χ4v) is 4.08. The van der Waals surface area contributed by atoms with E-state index >= 15 is 0 Å². The smallest absolute Gasteiger partial charge is 0.343 e. The summed E-state index contributed by atoms with van der Waals surface area (Å²) in [7, 11) is 0. The number of carbonyl (C=O) groups excluding carboxylic acids is 5. The molecule has 9 nitrogen and oxygen atoms in total. The van der Waals surface area contributed by atoms with Crippen LogP contribution >= 0.6 is 0 Å². The van der Waals surface area contributed by atoms with Crippen LogP contribution in [0.3, 0.4) is 0 Å². The second-order valence-electron chi connectivity index (χ2n) is 9.72. The highest BCUT2D eigenvalue weighted by Crippen LogP contribution is 2.26. The first kappa shape index (κ1) is 28.2. The van der Waals surface area contributed by atoms with E-state index in [1.54, 1.807) is 50.2 Å². The molecule has 0 bridgehead atoms. The second-order valence-corrected chi connectivity index (χ2v) is 9.72. The van der Waals surface area contributed by atoms with Crippen LogP contribution in [-0.2, 0) is 19.1 Å². The van der Waals surface area contributed by atoms with E-state index in [1.807, 2.05) is 19.1 Å². The molecule has 4 rings (SSSR count). The molecule has 3 aromatic carbocycles. The number of esters is 3. The third kappa shape index (κ3) is 6.99. The summed E-state index contributed by atoms with van der Waals surface area (Å²) in [5.41, 5.74) is 2.61. The van der Waals surface area contributed by atoms with Crippen molar-refractivity contribution in [2.75, 3.05) is 18.1 Å². The SMILES string of the molecule is Cc1ccc(C(=O)Oc2ccc(C(=O)COC(=O)[C@@H]3CC(=O)N(c4ccc(C(=O)OC(C)C)cc4)C3)cc2)cc1. The van der Waals surface area contributed by atoms with E-state index in [0.717, 1.165) is 5.56 Å². The Morgan fingerprint density at radius 1 is 0.825 bits per heavy atom. The summed E-state index contributed by atoms with van der Waals surface area (Å²) in [6.07, 6.45) is -0.301. The van der Waals surface area contributed by atoms with E-state index in [2.05, 4.69) is 0 Å². The molecule has 206 valence electrons. The maximum atomic E-state index is 12.6. The standard InChI is InChI=1S/C31H29NO8/c1-19(2)39-30(36)23-8-12-25(13-9-23)32-17-24(16-28(32)34)29(35)38-18-27(33)21-10-14-26(15-11-21)40-31(37)22-6-4-20(3)5-7-22/h4-15,19,24H,16-18H2,1-3H3/t24-/m1/s1. The molecular weight excluding hydrogens is 514 g/mol. The van der Waals surface area contributed by atoms with Gasteiger partial charge in [-0.05, 0) is 81.4 Å². The van der Waals surface area contributed by atoms with Crippen molar-refractivity contribution in [3.8, 4) is 5.75 Å². The predicted octanol–water partition coefficient (Wildman–Crippen LogP) is 4.56. The monoisotopic (exact) mass is 543 g/mol. The lowest BCUT2D eigenvalue weighted by Gasteiger charge is -2.17. The van der Waals surface area contributed by atoms with Crippen molar-refractivity contribution in [1.29, 1.82) is 0 Å². The summed E-state index contributed by atoms with van der Waals surface area (Å²) < 4.78 is 15.7. The summed E-state index contributed by atoms with van der Waals surface area (Å²) in [5, 5.41) is 0. The minimum absolute atomic E-state index is 0.0504. The van der Waals surface area contributed by atoms with Gasteiger partial charge >= 0.3 is 17.9 Å². The summed E-state index contributed by atoms with van der Waals surface area (Å²) in [4.78, 5) is 63.5. The second kappa shape index (κ2) is 12.4. The quantitative estimate of drug-likeness (QED) is 0.219. The van der Waals surface area contributed by atoms with Crippen molar-refractivity contribution in [2.45, 2.75) is 33.3 Å². The number of hydrogen-bond donors (Lipinski definition) is 0. The van der Waals surface area contributed by atoms with E-state index < -0.39 is 36.2 Å². The van der Waals surface area contributed by atoms with Crippen LogP contribution in [0, 0.1) is 12.8 Å². The lowest BCUT2D eigenvalue weighted by atomic mass is 10.1. The molecule has 1 amide bonds. The number of ketones is 1. The normalized spacial score (nSPS) is 14.7. The van der Waals surface area contributed by atoms with Gasteiger partial charge in [-0.2, -0.15) is 0 Å². The first-order valence-corrected chi connectivity index (χ1v) is 12.8. The molecule has 1 aliphatic rings. The van der Waals surface area contributed by atoms with Crippen molar-refractivity contribution in [3.05, 3.63) is 95.1 Å². The highest BCUT2D eigenvalue weighted by atomic mass is 16.5. The fraction of sp³-hybridized carbons (Fsp3) is 0.258. The van der Waals surface area contributed by atoms with Crippen LogP contribution in [-0.4, -0.2) is 48.9 Å². The third-order valence-corrected chi connectivity index (χ3v) is 6.24. The maximum absolute atomic E-state index is 12.6. The van der Waals surface area contributed by atoms with Crippen LogP contribution in [0.2, 0.25) is 0 Å². The maximum Gasteiger partial charge on any atom is 0.343 e. The van der Waals surface area contributed by atoms with Crippen molar-refractivity contribution in [1.82, 2.24) is 0 Å². The zero-order valence-electron chi connectivity index (χ0n) is 22.4. The average Bonchev–Trinajstić information content (AvgIpc) is 3.33. The molecule has 1 saturated heterocycles. The first-order chi connectivity index (χ1) is 19.1. The van der Waals surface area contributed by atoms with Gasteiger partial charge in [-0.25, -0.2) is 9.59 Å². The van der Waals surface area contributed by atoms with Crippen molar-refractivity contribution >= 4 is 35.3 Å². The number of rotatable bonds is 9. The first-order valence-electron chi connectivity index (χ1n) is 12.8. The van der Waals surface area contributed by atoms with Gasteiger partial charge in [0.15, 0.2) is 12.4 Å². The number of carbonyl (C=O) groups is 5. The molecule has 0 spiro atoms. The average molecular weight is 544 g/mol. The largest absolute Gasteiger partial charge is 0.459 e. The zero-order valence-corrected chi connectivity index (χ0v) is 22.4. The molecule has 1 aliphatic heterocycles. The number of amides is 1. The fourth-order valence-electron chi connectivity index (χ4n) is 4.08. The van der Waals surface area contributed by atoms with E-state index in [0.29, 0.717) is 16.8 Å². The number of Topliss-reactive ketones (excluding diaryl/α,β-unsaturated/α-hetero) is 1. The number of hydrogen-bond acceptors (Lipinski definition) is 8. The van der Waals surface area contributed by atoms with Gasteiger partial charge in [0.25, 0.3) is 0 Å². The van der Waals surface area contributed by atoms with E-state index in [-0.39, 0.29) is 36.3 Å². The number of nitrogens with zero attached hydrogens (tertiary/aromatic N) is 1. The molecule has 1 fully saturated rings. The summed E-state index contributed by atoms with van der Waals surface area (Å²) >= 11 is 0. The molecule has 0 aromatic heterocycles. The van der Waals surface area contributed by atoms with Crippen molar-refractivity contribution in [2.24, 2.45) is 5.92 Å². The van der Waals surface area contributed by atoms with Crippen molar-refractivity contribution < 1.29 is 38.2 Å². The number of anilines is 1. The van der Waals surface area contributed by atoms with E-state index in [1.165, 1.54) is 29.2 Å². The topological polar surface area (TPSA) is 116 Å². The van der Waals surface area contributed by atoms with Gasteiger partial charge < -0.3 is 19.1 Å². The van der Waals surface area contributed by atoms with Crippen LogP contribution in [0.4, 0.5) is 5.69 Å². The van der Waals surface area contributed by atoms with Crippen LogP contribution in [0.15, 0.2) is 72.8 Å². The number of aryl methyl sites for hydroxylation is 1. The molecule has 0 aliphatic carbocycles. The summed E-state index contributed by atoms with van der Waals surface area (Å²) in [6.45, 7) is 5.04. The Hall–Kier alpha value is -4.79. The highest BCUT2D eigenvalue weighted by Gasteiger charge is 2.36. The van der Waals surface area contributed by atoms with Gasteiger partial charge in [0, 0.05) is 24.2 Å². The van der Waals surface area contributed by atoms with Gasteiger partial charge in [0.1, 0.15) is 5.75 Å². The molecular formula is C31H29NO8. The Kier molecular flexibility index (Phi) is 8.73. The Morgan fingerprint density at radius 3 is 2.02 bits per heavy atom. The lowest BCUT2D eigenvalue weighted by molar-refractivity contribution is -0.147. The molecule has 3 aromatic rings. The minimum Gasteiger partial charge on any atom is -0.459 e. The summed E-state index contributed by atoms with van der Waals surface area (Å²) in [5.74, 6) is -2.78. The van der Waals surface area contributed by atoms with Gasteiger partial charge in [0.05, 0.1) is 23.1 Å². The van der Waals surface area contributed by atoms with Crippen LogP contribution in [0.25, 0.3) is 0 Å². The van der Waals surface area contributed by atoms with Gasteiger partial charge in [-0.3, -0.25) is 14.4 Å². The van der Waals surface area contributed by atoms with Crippen LogP contribution in [0.5, 0.6) is 5.75 Å². The third-order valence-electron chi connectivity index (χ3n) is 6.24. The van der Waals surface area contributed by atoms with Crippen LogP contribution < -0.4 is 9.64 Å². The summed E-state index contributed by atoms with van der Waals surface area (Å²) in [6, 6.07) is 19.3. The molecule has 0 saturated carbocycles. The Labute approximate surface area is 231 Å². The number of benzene rings is 3. The van der Waals surface area contributed by atoms with Gasteiger partial charge in [-0.1, -0.05) is 17.7 Å². The molecule has 0 N–H and O–H groups in total.